The fourth-order valence-electron chi connectivity index (χ4n) is 4.64. The summed E-state index contributed by atoms with van der Waals surface area (Å²) in [5.74, 6) is -12.3. The van der Waals surface area contributed by atoms with Gasteiger partial charge < -0.3 is 4.74 Å². The van der Waals surface area contributed by atoms with Gasteiger partial charge in [-0.05, 0) is 58.5 Å². The highest BCUT2D eigenvalue weighted by Gasteiger charge is 2.41. The van der Waals surface area contributed by atoms with Crippen LogP contribution in [0.1, 0.15) is 11.1 Å². The quantitative estimate of drug-likeness (QED) is 0.0960. The summed E-state index contributed by atoms with van der Waals surface area (Å²) in [5, 5.41) is 0. The molecule has 10 heteroatoms. The highest BCUT2D eigenvalue weighted by molar-refractivity contribution is 5.74. The molecule has 0 atom stereocenters. The molecular weight excluding hydrogens is 595 g/mol. The Morgan fingerprint density at radius 1 is 0.545 bits per heavy atom. The van der Waals surface area contributed by atoms with Gasteiger partial charge in [0.15, 0.2) is 17.5 Å². The minimum atomic E-state index is -4.80. The predicted molar refractivity (Wildman–Crippen MR) is 147 cm³/mol. The summed E-state index contributed by atoms with van der Waals surface area (Å²) in [5.41, 5.74) is -0.277. The Labute approximate surface area is 245 Å². The van der Waals surface area contributed by atoms with Gasteiger partial charge in [0.1, 0.15) is 34.6 Å². The second kappa shape index (κ2) is 11.9. The summed E-state index contributed by atoms with van der Waals surface area (Å²) in [6, 6.07) is 16.1. The lowest BCUT2D eigenvalue weighted by Crippen LogP contribution is -2.25. The summed E-state index contributed by atoms with van der Waals surface area (Å²) < 4.78 is 133. The first kappa shape index (κ1) is 30.5. The molecule has 0 amide bonds. The van der Waals surface area contributed by atoms with Crippen LogP contribution in [0.4, 0.5) is 39.5 Å². The van der Waals surface area contributed by atoms with Crippen molar-refractivity contribution < 1.29 is 44.3 Å². The van der Waals surface area contributed by atoms with Gasteiger partial charge in [-0.15, -0.1) is 6.58 Å². The van der Waals surface area contributed by atoms with Gasteiger partial charge in [0.25, 0.3) is 0 Å². The van der Waals surface area contributed by atoms with Gasteiger partial charge in [0.2, 0.25) is 0 Å². The van der Waals surface area contributed by atoms with Gasteiger partial charge in [-0.2, -0.15) is 8.78 Å². The molecule has 0 radical (unpaired) electrons. The fourth-order valence-corrected chi connectivity index (χ4v) is 4.64. The zero-order valence-electron chi connectivity index (χ0n) is 22.4. The third-order valence-electron chi connectivity index (χ3n) is 6.76. The zero-order valence-corrected chi connectivity index (χ0v) is 22.4. The Hall–Kier alpha value is -4.99. The van der Waals surface area contributed by atoms with Gasteiger partial charge in [-0.3, -0.25) is 0 Å². The smallest absolute Gasteiger partial charge is 0.429 e. The molecule has 0 aliphatic rings. The normalized spacial score (nSPS) is 11.5. The molecule has 1 nitrogen and oxygen atoms in total. The predicted octanol–water partition coefficient (Wildman–Crippen LogP) is 10.5. The number of allylic oxidation sites excluding steroid dienone is 1. The Kier molecular flexibility index (Phi) is 8.27. The first-order chi connectivity index (χ1) is 20.9. The Morgan fingerprint density at radius 2 is 1.02 bits per heavy atom. The maximum absolute atomic E-state index is 15.1. The fraction of sp³-hybridized carbons (Fsp3) is 0.0588. The zero-order chi connectivity index (χ0) is 31.8. The SMILES string of the molecule is C=CCc1ccc(-c2ccc(-c3ccc(-c4cc(F)c(C(F)(F)Oc5cc(F)c(F)c(F)c5)c(F)c4)c(F)c3)c(F)c2)cc1. The molecule has 5 rings (SSSR count). The van der Waals surface area contributed by atoms with Crippen LogP contribution in [-0.2, 0) is 12.5 Å². The molecule has 0 spiro atoms. The lowest BCUT2D eigenvalue weighted by Gasteiger charge is -2.20. The van der Waals surface area contributed by atoms with Crippen LogP contribution in [0.3, 0.4) is 0 Å². The van der Waals surface area contributed by atoms with E-state index < -0.39 is 63.7 Å². The third kappa shape index (κ3) is 6.06. The number of halogens is 9. The topological polar surface area (TPSA) is 9.23 Å². The summed E-state index contributed by atoms with van der Waals surface area (Å²) in [6.07, 6.45) is -2.36. The highest BCUT2D eigenvalue weighted by atomic mass is 19.3. The average molecular weight is 615 g/mol. The molecule has 224 valence electrons. The van der Waals surface area contributed by atoms with E-state index in [9.17, 15) is 30.7 Å². The van der Waals surface area contributed by atoms with E-state index in [1.54, 1.807) is 12.1 Å². The standard InChI is InChI=1S/C34H19F9O/c1-2-3-18-4-6-19(7-5-18)20-8-10-24(26(35)12-20)21-9-11-25(27(36)13-21)22-14-28(37)32(29(38)15-22)34(42,43)44-23-16-30(39)33(41)31(40)17-23/h2,4-17H,1,3H2. The molecule has 0 N–H and O–H groups in total. The second-order valence-corrected chi connectivity index (χ2v) is 9.71. The summed E-state index contributed by atoms with van der Waals surface area (Å²) in [4.78, 5) is 0. The van der Waals surface area contributed by atoms with E-state index in [1.807, 2.05) is 24.3 Å². The van der Waals surface area contributed by atoms with Crippen LogP contribution in [-0.4, -0.2) is 0 Å². The van der Waals surface area contributed by atoms with Gasteiger partial charge in [0, 0.05) is 23.3 Å². The molecule has 0 saturated heterocycles. The van der Waals surface area contributed by atoms with Gasteiger partial charge in [-0.25, -0.2) is 30.7 Å². The first-order valence-electron chi connectivity index (χ1n) is 12.9. The monoisotopic (exact) mass is 614 g/mol. The van der Waals surface area contributed by atoms with Crippen molar-refractivity contribution in [3.63, 3.8) is 0 Å². The van der Waals surface area contributed by atoms with Crippen LogP contribution in [0.15, 0.2) is 97.6 Å². The van der Waals surface area contributed by atoms with Crippen molar-refractivity contribution in [1.29, 1.82) is 0 Å². The molecular formula is C34H19F9O. The molecule has 0 heterocycles. The molecule has 0 aromatic heterocycles. The summed E-state index contributed by atoms with van der Waals surface area (Å²) in [7, 11) is 0. The summed E-state index contributed by atoms with van der Waals surface area (Å²) >= 11 is 0. The van der Waals surface area contributed by atoms with E-state index >= 15 is 8.78 Å². The third-order valence-corrected chi connectivity index (χ3v) is 6.76. The van der Waals surface area contributed by atoms with Crippen molar-refractivity contribution in [1.82, 2.24) is 0 Å². The molecule has 0 saturated carbocycles. The van der Waals surface area contributed by atoms with Crippen molar-refractivity contribution >= 4 is 0 Å². The van der Waals surface area contributed by atoms with Gasteiger partial charge in [0.05, 0.1) is 0 Å². The van der Waals surface area contributed by atoms with E-state index in [0.29, 0.717) is 24.1 Å². The summed E-state index contributed by atoms with van der Waals surface area (Å²) in [6.45, 7) is 3.68. The van der Waals surface area contributed by atoms with Crippen LogP contribution in [0, 0.1) is 40.7 Å². The average Bonchev–Trinajstić information content (AvgIpc) is 2.95. The van der Waals surface area contributed by atoms with E-state index in [2.05, 4.69) is 11.3 Å². The van der Waals surface area contributed by atoms with Crippen molar-refractivity contribution in [2.24, 2.45) is 0 Å². The van der Waals surface area contributed by atoms with Gasteiger partial charge in [-0.1, -0.05) is 54.6 Å². The van der Waals surface area contributed by atoms with Crippen LogP contribution >= 0.6 is 0 Å². The Bertz CT molecular complexity index is 1840. The molecule has 0 bridgehead atoms. The number of rotatable bonds is 8. The van der Waals surface area contributed by atoms with E-state index in [1.165, 1.54) is 18.2 Å². The number of alkyl halides is 2. The molecule has 0 aliphatic carbocycles. The van der Waals surface area contributed by atoms with Crippen LogP contribution in [0.2, 0.25) is 0 Å². The van der Waals surface area contributed by atoms with Crippen molar-refractivity contribution in [2.75, 3.05) is 0 Å². The molecule has 0 fully saturated rings. The maximum atomic E-state index is 15.1. The van der Waals surface area contributed by atoms with Crippen LogP contribution < -0.4 is 4.74 Å². The lowest BCUT2D eigenvalue weighted by atomic mass is 9.96. The minimum Gasteiger partial charge on any atom is -0.429 e. The van der Waals surface area contributed by atoms with Gasteiger partial charge >= 0.3 is 6.11 Å². The number of benzene rings is 5. The van der Waals surface area contributed by atoms with E-state index in [-0.39, 0.29) is 28.8 Å². The maximum Gasteiger partial charge on any atom is 0.432 e. The van der Waals surface area contributed by atoms with Crippen molar-refractivity contribution in [3.8, 4) is 39.1 Å². The van der Waals surface area contributed by atoms with E-state index in [4.69, 9.17) is 0 Å². The van der Waals surface area contributed by atoms with Crippen molar-refractivity contribution in [3.05, 3.63) is 149 Å². The minimum absolute atomic E-state index is 0.0423. The van der Waals surface area contributed by atoms with Crippen LogP contribution in [0.25, 0.3) is 33.4 Å². The Morgan fingerprint density at radius 3 is 1.57 bits per heavy atom. The largest absolute Gasteiger partial charge is 0.432 e. The molecule has 5 aromatic rings. The van der Waals surface area contributed by atoms with Crippen molar-refractivity contribution in [2.45, 2.75) is 12.5 Å². The number of ether oxygens (including phenoxy) is 1. The molecule has 44 heavy (non-hydrogen) atoms. The van der Waals surface area contributed by atoms with Crippen LogP contribution in [0.5, 0.6) is 5.75 Å². The second-order valence-electron chi connectivity index (χ2n) is 9.71. The number of hydrogen-bond acceptors (Lipinski definition) is 1. The number of hydrogen-bond donors (Lipinski definition) is 0. The molecule has 0 unspecified atom stereocenters. The highest BCUT2D eigenvalue weighted by Crippen LogP contribution is 2.39. The molecule has 0 aliphatic heterocycles. The van der Waals surface area contributed by atoms with E-state index in [0.717, 1.165) is 23.3 Å². The molecule has 5 aromatic carbocycles. The first-order valence-corrected chi connectivity index (χ1v) is 12.9. The Balaban J connectivity index is 1.41. The lowest BCUT2D eigenvalue weighted by molar-refractivity contribution is -0.189.